The van der Waals surface area contributed by atoms with Crippen molar-refractivity contribution in [1.82, 2.24) is 4.98 Å². The molecule has 0 saturated heterocycles. The van der Waals surface area contributed by atoms with E-state index in [0.29, 0.717) is 12.2 Å². The maximum Gasteiger partial charge on any atom is 0.343 e. The van der Waals surface area contributed by atoms with Crippen LogP contribution in [0, 0.1) is 0 Å². The molecular weight excluding hydrogens is 296 g/mol. The van der Waals surface area contributed by atoms with E-state index in [2.05, 4.69) is 10.3 Å². The summed E-state index contributed by atoms with van der Waals surface area (Å²) in [4.78, 5) is 15.9. The Morgan fingerprint density at radius 1 is 1.26 bits per heavy atom. The van der Waals surface area contributed by atoms with Crippen molar-refractivity contribution < 1.29 is 19.4 Å². The van der Waals surface area contributed by atoms with Gasteiger partial charge in [0.25, 0.3) is 0 Å². The first-order valence-corrected chi connectivity index (χ1v) is 7.29. The number of anilines is 1. The van der Waals surface area contributed by atoms with Gasteiger partial charge in [-0.15, -0.1) is 0 Å². The first-order valence-electron chi connectivity index (χ1n) is 7.29. The molecule has 23 heavy (non-hydrogen) atoms. The summed E-state index contributed by atoms with van der Waals surface area (Å²) in [6.07, 6.45) is 0.0751. The number of aliphatic hydroxyl groups is 1. The second-order valence-electron chi connectivity index (χ2n) is 5.34. The number of hydrogen-bond acceptors (Lipinski definition) is 6. The molecule has 0 bridgehead atoms. The number of rotatable bonds is 4. The monoisotopic (exact) mass is 314 g/mol. The van der Waals surface area contributed by atoms with Crippen LogP contribution in [-0.2, 0) is 11.2 Å². The Kier molecular flexibility index (Phi) is 4.16. The molecule has 2 atom stereocenters. The fourth-order valence-electron chi connectivity index (χ4n) is 2.85. The van der Waals surface area contributed by atoms with Crippen molar-refractivity contribution >= 4 is 11.8 Å². The van der Waals surface area contributed by atoms with E-state index in [1.54, 1.807) is 12.1 Å². The van der Waals surface area contributed by atoms with Crippen molar-refractivity contribution in [2.45, 2.75) is 18.6 Å². The average Bonchev–Trinajstić information content (AvgIpc) is 2.89. The van der Waals surface area contributed by atoms with E-state index in [0.717, 1.165) is 11.1 Å². The standard InChI is InChI=1S/C17H18N2O4/c1-22-16-12(17(21)23-2)7-8-14(19-16)18-15-11-6-4-3-5-10(11)9-13(15)20/h3-8,13,15,20H,9H2,1-2H3,(H,18,19). The predicted octanol–water partition coefficient (Wildman–Crippen LogP) is 1.95. The summed E-state index contributed by atoms with van der Waals surface area (Å²) in [5.74, 6) is 0.199. The van der Waals surface area contributed by atoms with Gasteiger partial charge in [0.1, 0.15) is 11.4 Å². The number of carbonyl (C=O) groups excluding carboxylic acids is 1. The summed E-state index contributed by atoms with van der Waals surface area (Å²) in [6, 6.07) is 10.9. The lowest BCUT2D eigenvalue weighted by molar-refractivity contribution is 0.0596. The molecule has 6 heteroatoms. The molecule has 6 nitrogen and oxygen atoms in total. The van der Waals surface area contributed by atoms with E-state index in [-0.39, 0.29) is 17.5 Å². The highest BCUT2D eigenvalue weighted by Crippen LogP contribution is 2.34. The molecule has 0 radical (unpaired) electrons. The Morgan fingerprint density at radius 2 is 2.04 bits per heavy atom. The van der Waals surface area contributed by atoms with Gasteiger partial charge >= 0.3 is 5.97 Å². The van der Waals surface area contributed by atoms with E-state index in [1.807, 2.05) is 24.3 Å². The number of methoxy groups -OCH3 is 2. The van der Waals surface area contributed by atoms with Crippen LogP contribution in [0.1, 0.15) is 27.5 Å². The van der Waals surface area contributed by atoms with Crippen LogP contribution in [0.15, 0.2) is 36.4 Å². The maximum absolute atomic E-state index is 11.7. The summed E-state index contributed by atoms with van der Waals surface area (Å²) in [6.45, 7) is 0. The normalized spacial score (nSPS) is 19.1. The molecule has 2 unspecified atom stereocenters. The SMILES string of the molecule is COC(=O)c1ccc(NC2c3ccccc3CC2O)nc1OC. The number of pyridine rings is 1. The molecule has 2 aromatic rings. The van der Waals surface area contributed by atoms with Crippen molar-refractivity contribution in [3.05, 3.63) is 53.1 Å². The number of nitrogens with one attached hydrogen (secondary N) is 1. The summed E-state index contributed by atoms with van der Waals surface area (Å²) in [5, 5.41) is 13.5. The number of benzene rings is 1. The lowest BCUT2D eigenvalue weighted by atomic mass is 10.1. The highest BCUT2D eigenvalue weighted by molar-refractivity contribution is 5.92. The quantitative estimate of drug-likeness (QED) is 0.840. The first-order chi connectivity index (χ1) is 11.1. The summed E-state index contributed by atoms with van der Waals surface area (Å²) in [7, 11) is 2.75. The molecule has 0 spiro atoms. The summed E-state index contributed by atoms with van der Waals surface area (Å²) in [5.41, 5.74) is 2.43. The summed E-state index contributed by atoms with van der Waals surface area (Å²) < 4.78 is 9.85. The van der Waals surface area contributed by atoms with Gasteiger partial charge in [-0.05, 0) is 23.3 Å². The van der Waals surface area contributed by atoms with Crippen molar-refractivity contribution in [3.63, 3.8) is 0 Å². The fourth-order valence-corrected chi connectivity index (χ4v) is 2.85. The molecular formula is C17H18N2O4. The van der Waals surface area contributed by atoms with Gasteiger partial charge < -0.3 is 19.9 Å². The number of nitrogens with zero attached hydrogens (tertiary/aromatic N) is 1. The van der Waals surface area contributed by atoms with Crippen molar-refractivity contribution in [1.29, 1.82) is 0 Å². The van der Waals surface area contributed by atoms with Crippen LogP contribution in [0.25, 0.3) is 0 Å². The fraction of sp³-hybridized carbons (Fsp3) is 0.294. The maximum atomic E-state index is 11.7. The summed E-state index contributed by atoms with van der Waals surface area (Å²) >= 11 is 0. The van der Waals surface area contributed by atoms with E-state index in [9.17, 15) is 9.90 Å². The van der Waals surface area contributed by atoms with Crippen LogP contribution in [0.3, 0.4) is 0 Å². The Morgan fingerprint density at radius 3 is 2.78 bits per heavy atom. The minimum Gasteiger partial charge on any atom is -0.480 e. The number of aliphatic hydroxyl groups excluding tert-OH is 1. The number of esters is 1. The number of ether oxygens (including phenoxy) is 2. The predicted molar refractivity (Wildman–Crippen MR) is 84.6 cm³/mol. The van der Waals surface area contributed by atoms with Crippen molar-refractivity contribution in [2.75, 3.05) is 19.5 Å². The molecule has 120 valence electrons. The van der Waals surface area contributed by atoms with Crippen molar-refractivity contribution in [3.8, 4) is 5.88 Å². The topological polar surface area (TPSA) is 80.7 Å². The van der Waals surface area contributed by atoms with Gasteiger partial charge in [0.2, 0.25) is 5.88 Å². The van der Waals surface area contributed by atoms with Gasteiger partial charge in [-0.2, -0.15) is 4.98 Å². The highest BCUT2D eigenvalue weighted by atomic mass is 16.5. The molecule has 1 heterocycles. The molecule has 1 aliphatic rings. The van der Waals surface area contributed by atoms with Crippen LogP contribution < -0.4 is 10.1 Å². The van der Waals surface area contributed by atoms with Gasteiger partial charge in [-0.25, -0.2) is 4.79 Å². The van der Waals surface area contributed by atoms with Crippen LogP contribution in [-0.4, -0.2) is 36.4 Å². The zero-order valence-electron chi connectivity index (χ0n) is 12.9. The Labute approximate surface area is 134 Å². The van der Waals surface area contributed by atoms with E-state index in [4.69, 9.17) is 9.47 Å². The van der Waals surface area contributed by atoms with Gasteiger partial charge in [0, 0.05) is 6.42 Å². The van der Waals surface area contributed by atoms with Crippen molar-refractivity contribution in [2.24, 2.45) is 0 Å². The molecule has 0 saturated carbocycles. The zero-order chi connectivity index (χ0) is 16.4. The smallest absolute Gasteiger partial charge is 0.343 e. The number of aromatic nitrogens is 1. The van der Waals surface area contributed by atoms with E-state index in [1.165, 1.54) is 14.2 Å². The Hall–Kier alpha value is -2.60. The minimum absolute atomic E-state index is 0.183. The van der Waals surface area contributed by atoms with Gasteiger partial charge in [-0.1, -0.05) is 24.3 Å². The number of carbonyl (C=O) groups is 1. The third kappa shape index (κ3) is 2.85. The number of hydrogen-bond donors (Lipinski definition) is 2. The molecule has 0 amide bonds. The second-order valence-corrected chi connectivity index (χ2v) is 5.34. The average molecular weight is 314 g/mol. The number of fused-ring (bicyclic) bond motifs is 1. The molecule has 1 aliphatic carbocycles. The zero-order valence-corrected chi connectivity index (χ0v) is 12.9. The van der Waals surface area contributed by atoms with Crippen LogP contribution in [0.2, 0.25) is 0 Å². The Bertz CT molecular complexity index is 732. The van der Waals surface area contributed by atoms with Crippen LogP contribution >= 0.6 is 0 Å². The lowest BCUT2D eigenvalue weighted by Gasteiger charge is -2.19. The molecule has 0 aliphatic heterocycles. The van der Waals surface area contributed by atoms with Gasteiger partial charge in [0.15, 0.2) is 0 Å². The third-order valence-electron chi connectivity index (χ3n) is 3.97. The molecule has 1 aromatic carbocycles. The molecule has 3 rings (SSSR count). The molecule has 2 N–H and O–H groups in total. The second kappa shape index (κ2) is 6.26. The third-order valence-corrected chi connectivity index (χ3v) is 3.97. The highest BCUT2D eigenvalue weighted by Gasteiger charge is 2.31. The lowest BCUT2D eigenvalue weighted by Crippen LogP contribution is -2.22. The molecule has 1 aromatic heterocycles. The minimum atomic E-state index is -0.527. The van der Waals surface area contributed by atoms with Crippen LogP contribution in [0.5, 0.6) is 5.88 Å². The largest absolute Gasteiger partial charge is 0.480 e. The van der Waals surface area contributed by atoms with Gasteiger partial charge in [0.05, 0.1) is 26.4 Å². The van der Waals surface area contributed by atoms with E-state index < -0.39 is 12.1 Å². The first kappa shape index (κ1) is 15.3. The molecule has 0 fully saturated rings. The van der Waals surface area contributed by atoms with E-state index >= 15 is 0 Å². The Balaban J connectivity index is 1.88. The van der Waals surface area contributed by atoms with Gasteiger partial charge in [-0.3, -0.25) is 0 Å². The van der Waals surface area contributed by atoms with Crippen LogP contribution in [0.4, 0.5) is 5.82 Å².